The molecule has 21 heavy (non-hydrogen) atoms. The van der Waals surface area contributed by atoms with Crippen molar-refractivity contribution < 1.29 is 9.31 Å². The lowest BCUT2D eigenvalue weighted by Crippen LogP contribution is -2.41. The lowest BCUT2D eigenvalue weighted by molar-refractivity contribution is 0.00578. The molecule has 1 aliphatic heterocycles. The van der Waals surface area contributed by atoms with Gasteiger partial charge in [0.15, 0.2) is 5.82 Å². The van der Waals surface area contributed by atoms with Crippen LogP contribution in [0.15, 0.2) is 24.7 Å². The summed E-state index contributed by atoms with van der Waals surface area (Å²) in [6.07, 6.45) is 5.12. The van der Waals surface area contributed by atoms with Crippen molar-refractivity contribution >= 4 is 18.5 Å². The fourth-order valence-corrected chi connectivity index (χ4v) is 2.05. The molecule has 0 bridgehead atoms. The van der Waals surface area contributed by atoms with Crippen molar-refractivity contribution in [1.82, 2.24) is 19.7 Å². The Bertz CT molecular complexity index is 654. The maximum atomic E-state index is 5.99. The highest BCUT2D eigenvalue weighted by molar-refractivity contribution is 6.62. The van der Waals surface area contributed by atoms with E-state index in [1.807, 2.05) is 33.9 Å². The van der Waals surface area contributed by atoms with Crippen LogP contribution in [-0.2, 0) is 9.31 Å². The van der Waals surface area contributed by atoms with Gasteiger partial charge in [-0.2, -0.15) is 10.1 Å². The van der Waals surface area contributed by atoms with Crippen molar-refractivity contribution in [2.24, 2.45) is 0 Å². The second-order valence-electron chi connectivity index (χ2n) is 6.08. The van der Waals surface area contributed by atoms with E-state index >= 15 is 0 Å². The highest BCUT2D eigenvalue weighted by Crippen LogP contribution is 2.36. The summed E-state index contributed by atoms with van der Waals surface area (Å²) < 4.78 is 13.6. The predicted octanol–water partition coefficient (Wildman–Crippen LogP) is 0.544. The number of nitrogen functional groups attached to an aromatic ring is 1. The average Bonchev–Trinajstić information content (AvgIpc) is 2.93. The normalized spacial score (nSPS) is 19.9. The molecule has 0 aromatic carbocycles. The number of hydrogen-bond donors (Lipinski definition) is 1. The second kappa shape index (κ2) is 4.54. The molecule has 0 saturated carbocycles. The van der Waals surface area contributed by atoms with E-state index in [0.29, 0.717) is 5.82 Å². The van der Waals surface area contributed by atoms with Gasteiger partial charge in [-0.15, -0.1) is 0 Å². The van der Waals surface area contributed by atoms with E-state index in [2.05, 4.69) is 15.1 Å². The highest BCUT2D eigenvalue weighted by atomic mass is 16.7. The summed E-state index contributed by atoms with van der Waals surface area (Å²) in [5, 5.41) is 4.28. The standard InChI is InChI=1S/C13H18BN5O2/c1-12(2)13(3,4)21-14(20-12)9-7-17-19(8-9)10-5-6-16-11(15)18-10/h5-8H,1-4H3,(H2,15,16,18). The summed E-state index contributed by atoms with van der Waals surface area (Å²) >= 11 is 0. The van der Waals surface area contributed by atoms with Gasteiger partial charge in [-0.05, 0) is 27.7 Å². The second-order valence-corrected chi connectivity index (χ2v) is 6.08. The van der Waals surface area contributed by atoms with Gasteiger partial charge in [0, 0.05) is 30.1 Å². The SMILES string of the molecule is CC1(C)OB(c2cnn(-c3ccnc(N)n3)c2)OC1(C)C. The number of nitrogens with zero attached hydrogens (tertiary/aromatic N) is 4. The first-order chi connectivity index (χ1) is 9.78. The van der Waals surface area contributed by atoms with Crippen LogP contribution in [0.4, 0.5) is 5.95 Å². The van der Waals surface area contributed by atoms with Crippen LogP contribution in [-0.4, -0.2) is 38.1 Å². The minimum Gasteiger partial charge on any atom is -0.399 e. The Balaban J connectivity index is 1.87. The van der Waals surface area contributed by atoms with E-state index in [9.17, 15) is 0 Å². The van der Waals surface area contributed by atoms with Crippen LogP contribution in [0.3, 0.4) is 0 Å². The van der Waals surface area contributed by atoms with Crippen molar-refractivity contribution in [2.75, 3.05) is 5.73 Å². The highest BCUT2D eigenvalue weighted by Gasteiger charge is 2.52. The van der Waals surface area contributed by atoms with E-state index in [4.69, 9.17) is 15.0 Å². The predicted molar refractivity (Wildman–Crippen MR) is 79.3 cm³/mol. The first-order valence-electron chi connectivity index (χ1n) is 6.78. The average molecular weight is 287 g/mol. The molecule has 1 saturated heterocycles. The zero-order chi connectivity index (χ0) is 15.3. The number of rotatable bonds is 2. The molecule has 0 radical (unpaired) electrons. The van der Waals surface area contributed by atoms with E-state index < -0.39 is 7.12 Å². The Morgan fingerprint density at radius 3 is 2.48 bits per heavy atom. The van der Waals surface area contributed by atoms with Crippen molar-refractivity contribution in [3.8, 4) is 5.82 Å². The summed E-state index contributed by atoms with van der Waals surface area (Å²) in [5.41, 5.74) is 5.67. The molecule has 1 aliphatic rings. The topological polar surface area (TPSA) is 88.1 Å². The summed E-state index contributed by atoms with van der Waals surface area (Å²) in [7, 11) is -0.442. The van der Waals surface area contributed by atoms with Gasteiger partial charge in [0.2, 0.25) is 5.95 Å². The number of anilines is 1. The van der Waals surface area contributed by atoms with Crippen LogP contribution < -0.4 is 11.2 Å². The lowest BCUT2D eigenvalue weighted by atomic mass is 9.82. The van der Waals surface area contributed by atoms with E-state index in [0.717, 1.165) is 5.46 Å². The molecular formula is C13H18BN5O2. The number of hydrogen-bond acceptors (Lipinski definition) is 6. The van der Waals surface area contributed by atoms with E-state index in [1.54, 1.807) is 23.1 Å². The van der Waals surface area contributed by atoms with Crippen molar-refractivity contribution in [3.63, 3.8) is 0 Å². The molecule has 0 atom stereocenters. The van der Waals surface area contributed by atoms with Gasteiger partial charge in [0.25, 0.3) is 0 Å². The Labute approximate surface area is 123 Å². The molecule has 3 heterocycles. The molecule has 7 nitrogen and oxygen atoms in total. The summed E-state index contributed by atoms with van der Waals surface area (Å²) in [6.45, 7) is 8.07. The third-order valence-corrected chi connectivity index (χ3v) is 4.02. The number of aromatic nitrogens is 4. The minimum atomic E-state index is -0.442. The molecule has 2 aromatic rings. The third-order valence-electron chi connectivity index (χ3n) is 4.02. The smallest absolute Gasteiger partial charge is 0.399 e. The van der Waals surface area contributed by atoms with Gasteiger partial charge in [0.1, 0.15) is 0 Å². The van der Waals surface area contributed by atoms with Crippen LogP contribution in [0, 0.1) is 0 Å². The zero-order valence-corrected chi connectivity index (χ0v) is 12.6. The van der Waals surface area contributed by atoms with Gasteiger partial charge in [-0.1, -0.05) is 0 Å². The Morgan fingerprint density at radius 2 is 1.86 bits per heavy atom. The molecule has 0 unspecified atom stereocenters. The Morgan fingerprint density at radius 1 is 1.19 bits per heavy atom. The van der Waals surface area contributed by atoms with Crippen LogP contribution in [0.1, 0.15) is 27.7 Å². The molecule has 0 spiro atoms. The molecule has 0 aliphatic carbocycles. The summed E-state index contributed by atoms with van der Waals surface area (Å²) in [6, 6.07) is 1.73. The molecule has 0 amide bonds. The van der Waals surface area contributed by atoms with Gasteiger partial charge < -0.3 is 15.0 Å². The molecule has 8 heteroatoms. The van der Waals surface area contributed by atoms with Crippen LogP contribution in [0.25, 0.3) is 5.82 Å². The Hall–Kier alpha value is -1.93. The zero-order valence-electron chi connectivity index (χ0n) is 12.6. The first kappa shape index (κ1) is 14.0. The fraction of sp³-hybridized carbons (Fsp3) is 0.462. The van der Waals surface area contributed by atoms with Gasteiger partial charge in [-0.25, -0.2) is 9.67 Å². The Kier molecular flexibility index (Phi) is 3.03. The van der Waals surface area contributed by atoms with Gasteiger partial charge >= 0.3 is 7.12 Å². The van der Waals surface area contributed by atoms with Crippen molar-refractivity contribution in [3.05, 3.63) is 24.7 Å². The molecule has 3 rings (SSSR count). The molecular weight excluding hydrogens is 269 g/mol. The van der Waals surface area contributed by atoms with Gasteiger partial charge in [-0.3, -0.25) is 0 Å². The molecule has 110 valence electrons. The van der Waals surface area contributed by atoms with E-state index in [-0.39, 0.29) is 17.2 Å². The van der Waals surface area contributed by atoms with Gasteiger partial charge in [0.05, 0.1) is 11.2 Å². The summed E-state index contributed by atoms with van der Waals surface area (Å²) in [4.78, 5) is 7.99. The van der Waals surface area contributed by atoms with Crippen molar-refractivity contribution in [2.45, 2.75) is 38.9 Å². The van der Waals surface area contributed by atoms with Crippen molar-refractivity contribution in [1.29, 1.82) is 0 Å². The lowest BCUT2D eigenvalue weighted by Gasteiger charge is -2.32. The molecule has 2 N–H and O–H groups in total. The maximum Gasteiger partial charge on any atom is 0.498 e. The first-order valence-corrected chi connectivity index (χ1v) is 6.78. The maximum absolute atomic E-state index is 5.99. The van der Waals surface area contributed by atoms with E-state index in [1.165, 1.54) is 0 Å². The summed E-state index contributed by atoms with van der Waals surface area (Å²) in [5.74, 6) is 0.811. The van der Waals surface area contributed by atoms with Crippen LogP contribution >= 0.6 is 0 Å². The van der Waals surface area contributed by atoms with Crippen LogP contribution in [0.2, 0.25) is 0 Å². The monoisotopic (exact) mass is 287 g/mol. The van der Waals surface area contributed by atoms with Crippen LogP contribution in [0.5, 0.6) is 0 Å². The third kappa shape index (κ3) is 2.40. The fourth-order valence-electron chi connectivity index (χ4n) is 2.05. The molecule has 1 fully saturated rings. The minimum absolute atomic E-state index is 0.209. The number of nitrogens with two attached hydrogens (primary N) is 1. The molecule has 2 aromatic heterocycles. The quantitative estimate of drug-likeness (QED) is 0.811. The largest absolute Gasteiger partial charge is 0.498 e.